The minimum absolute atomic E-state index is 0.00728. The number of fused-ring (bicyclic) bond motifs is 2. The molecular formula is C24H26N6O4S. The van der Waals surface area contributed by atoms with Crippen LogP contribution in [0.4, 0.5) is 11.4 Å². The van der Waals surface area contributed by atoms with E-state index in [4.69, 9.17) is 4.74 Å². The van der Waals surface area contributed by atoms with E-state index in [2.05, 4.69) is 30.9 Å². The molecule has 1 aliphatic heterocycles. The fraction of sp³-hybridized carbons (Fsp3) is 0.375. The largest absolute Gasteiger partial charge is 0.481 e. The third-order valence-corrected chi connectivity index (χ3v) is 7.42. The van der Waals surface area contributed by atoms with Crippen molar-refractivity contribution in [2.75, 3.05) is 23.5 Å². The molecule has 0 saturated heterocycles. The second-order valence-corrected chi connectivity index (χ2v) is 9.75. The maximum Gasteiger partial charge on any atom is 0.256 e. The predicted molar refractivity (Wildman–Crippen MR) is 132 cm³/mol. The third kappa shape index (κ3) is 5.07. The first-order chi connectivity index (χ1) is 16.9. The number of nitrogens with one attached hydrogen (secondary N) is 3. The van der Waals surface area contributed by atoms with Gasteiger partial charge in [0.25, 0.3) is 5.91 Å². The lowest BCUT2D eigenvalue weighted by Gasteiger charge is -2.35. The Kier molecular flexibility index (Phi) is 6.54. The number of aliphatic hydroxyl groups is 1. The summed E-state index contributed by atoms with van der Waals surface area (Å²) in [5.41, 5.74) is 1.78. The topological polar surface area (TPSA) is 138 Å². The number of hydrogen-bond donors (Lipinski definition) is 4. The van der Waals surface area contributed by atoms with Crippen LogP contribution in [0.2, 0.25) is 0 Å². The van der Waals surface area contributed by atoms with Gasteiger partial charge in [-0.15, -0.1) is 11.8 Å². The maximum atomic E-state index is 13.0. The number of carbonyl (C=O) groups excluding carboxylic acids is 2. The van der Waals surface area contributed by atoms with Crippen molar-refractivity contribution >= 4 is 46.0 Å². The Morgan fingerprint density at radius 3 is 2.91 bits per heavy atom. The van der Waals surface area contributed by atoms with Crippen molar-refractivity contribution in [3.63, 3.8) is 0 Å². The number of aromatic nitrogens is 3. The molecule has 0 unspecified atom stereocenters. The van der Waals surface area contributed by atoms with Crippen LogP contribution >= 0.6 is 11.8 Å². The predicted octanol–water partition coefficient (Wildman–Crippen LogP) is 2.48. The lowest BCUT2D eigenvalue weighted by atomic mass is 9.81. The van der Waals surface area contributed by atoms with E-state index >= 15 is 0 Å². The monoisotopic (exact) mass is 494 g/mol. The molecule has 0 atom stereocenters. The molecule has 5 rings (SSSR count). The van der Waals surface area contributed by atoms with Gasteiger partial charge in [0, 0.05) is 35.9 Å². The smallest absolute Gasteiger partial charge is 0.256 e. The molecule has 0 aromatic carbocycles. The van der Waals surface area contributed by atoms with Gasteiger partial charge in [-0.05, 0) is 43.9 Å². The second kappa shape index (κ2) is 9.76. The lowest BCUT2D eigenvalue weighted by molar-refractivity contribution is -0.137. The van der Waals surface area contributed by atoms with Crippen LogP contribution in [-0.4, -0.2) is 56.4 Å². The molecule has 11 heteroatoms. The molecule has 0 spiro atoms. The zero-order chi connectivity index (χ0) is 24.4. The Morgan fingerprint density at radius 2 is 2.11 bits per heavy atom. The fourth-order valence-electron chi connectivity index (χ4n) is 4.36. The number of hydrogen-bond acceptors (Lipinski definition) is 9. The molecule has 1 aliphatic carbocycles. The standard InChI is InChI=1S/C24H26N6O4S/c1-34-21-3-2-16-22(30-21)17(6-9-25-16)29-23(32)24(33)7-4-14(5-8-24)26-11-15-10-18-19(12-27-15)35-13-20(31)28-18/h2-3,6,9-10,12,14,26,33H,4-5,7-8,11,13H2,1H3,(H,28,31)(H,25,29,32). The number of carbonyl (C=O) groups is 2. The van der Waals surface area contributed by atoms with Gasteiger partial charge in [-0.25, -0.2) is 4.98 Å². The van der Waals surface area contributed by atoms with Gasteiger partial charge in [-0.1, -0.05) is 0 Å². The van der Waals surface area contributed by atoms with Crippen molar-refractivity contribution in [3.05, 3.63) is 42.4 Å². The average Bonchev–Trinajstić information content (AvgIpc) is 2.88. The highest BCUT2D eigenvalue weighted by Crippen LogP contribution is 2.33. The highest BCUT2D eigenvalue weighted by Gasteiger charge is 2.40. The molecule has 2 aliphatic rings. The Balaban J connectivity index is 1.18. The van der Waals surface area contributed by atoms with E-state index < -0.39 is 11.5 Å². The van der Waals surface area contributed by atoms with Crippen LogP contribution in [-0.2, 0) is 16.1 Å². The van der Waals surface area contributed by atoms with Crippen LogP contribution in [0.15, 0.2) is 41.6 Å². The minimum atomic E-state index is -1.46. The van der Waals surface area contributed by atoms with Crippen molar-refractivity contribution in [1.82, 2.24) is 20.3 Å². The van der Waals surface area contributed by atoms with Gasteiger partial charge in [0.2, 0.25) is 11.8 Å². The molecule has 35 heavy (non-hydrogen) atoms. The second-order valence-electron chi connectivity index (χ2n) is 8.73. The van der Waals surface area contributed by atoms with E-state index in [0.717, 1.165) is 16.3 Å². The molecule has 2 amide bonds. The van der Waals surface area contributed by atoms with Crippen molar-refractivity contribution in [3.8, 4) is 5.88 Å². The van der Waals surface area contributed by atoms with Crippen molar-refractivity contribution in [1.29, 1.82) is 0 Å². The summed E-state index contributed by atoms with van der Waals surface area (Å²) in [5, 5.41) is 20.3. The molecule has 4 N–H and O–H groups in total. The van der Waals surface area contributed by atoms with E-state index in [9.17, 15) is 14.7 Å². The molecule has 1 saturated carbocycles. The van der Waals surface area contributed by atoms with Gasteiger partial charge in [0.15, 0.2) is 0 Å². The highest BCUT2D eigenvalue weighted by molar-refractivity contribution is 8.00. The molecule has 3 aromatic heterocycles. The van der Waals surface area contributed by atoms with Gasteiger partial charge < -0.3 is 25.8 Å². The Morgan fingerprint density at radius 1 is 1.29 bits per heavy atom. The van der Waals surface area contributed by atoms with Gasteiger partial charge in [0.1, 0.15) is 11.1 Å². The summed E-state index contributed by atoms with van der Waals surface area (Å²) in [5.74, 6) is 0.373. The Labute approximate surface area is 206 Å². The van der Waals surface area contributed by atoms with Crippen LogP contribution in [0.1, 0.15) is 31.4 Å². The van der Waals surface area contributed by atoms with Crippen LogP contribution in [0.3, 0.4) is 0 Å². The Bertz CT molecular complexity index is 1280. The highest BCUT2D eigenvalue weighted by atomic mass is 32.2. The first-order valence-electron chi connectivity index (χ1n) is 11.4. The van der Waals surface area contributed by atoms with Gasteiger partial charge >= 0.3 is 0 Å². The fourth-order valence-corrected chi connectivity index (χ4v) is 5.11. The van der Waals surface area contributed by atoms with E-state index in [0.29, 0.717) is 60.6 Å². The Hall–Kier alpha value is -3.28. The molecule has 10 nitrogen and oxygen atoms in total. The normalized spacial score (nSPS) is 21.8. The molecule has 1 fully saturated rings. The summed E-state index contributed by atoms with van der Waals surface area (Å²) in [4.78, 5) is 38.8. The average molecular weight is 495 g/mol. The third-order valence-electron chi connectivity index (χ3n) is 6.38. The van der Waals surface area contributed by atoms with Gasteiger partial charge in [0.05, 0.1) is 35.4 Å². The SMILES string of the molecule is COc1ccc2nccc(NC(=O)C3(O)CCC(NCc4cc5c(cn4)SCC(=O)N5)CC3)c2n1. The summed E-state index contributed by atoms with van der Waals surface area (Å²) in [7, 11) is 1.52. The maximum absolute atomic E-state index is 13.0. The molecule has 182 valence electrons. The minimum Gasteiger partial charge on any atom is -0.481 e. The number of pyridine rings is 3. The van der Waals surface area contributed by atoms with Crippen LogP contribution in [0.5, 0.6) is 5.88 Å². The van der Waals surface area contributed by atoms with Crippen LogP contribution < -0.4 is 20.7 Å². The molecule has 0 radical (unpaired) electrons. The number of rotatable bonds is 6. The number of ether oxygens (including phenoxy) is 1. The number of nitrogens with zero attached hydrogens (tertiary/aromatic N) is 3. The van der Waals surface area contributed by atoms with Crippen molar-refractivity contribution < 1.29 is 19.4 Å². The van der Waals surface area contributed by atoms with Gasteiger partial charge in [-0.2, -0.15) is 0 Å². The lowest BCUT2D eigenvalue weighted by Crippen LogP contribution is -2.48. The molecule has 4 heterocycles. The van der Waals surface area contributed by atoms with E-state index in [1.54, 1.807) is 30.6 Å². The summed E-state index contributed by atoms with van der Waals surface area (Å²) in [6.45, 7) is 0.541. The molecule has 0 bridgehead atoms. The quantitative estimate of drug-likeness (QED) is 0.407. The number of thioether (sulfide) groups is 1. The molecular weight excluding hydrogens is 468 g/mol. The van der Waals surface area contributed by atoms with Crippen LogP contribution in [0.25, 0.3) is 11.0 Å². The zero-order valence-electron chi connectivity index (χ0n) is 19.2. The number of amides is 2. The zero-order valence-corrected chi connectivity index (χ0v) is 20.0. The van der Waals surface area contributed by atoms with E-state index in [-0.39, 0.29) is 11.9 Å². The summed E-state index contributed by atoms with van der Waals surface area (Å²) < 4.78 is 5.19. The van der Waals surface area contributed by atoms with E-state index in [1.807, 2.05) is 6.07 Å². The summed E-state index contributed by atoms with van der Waals surface area (Å²) in [6.07, 6.45) is 5.33. The summed E-state index contributed by atoms with van der Waals surface area (Å²) in [6, 6.07) is 7.18. The first-order valence-corrected chi connectivity index (χ1v) is 12.4. The van der Waals surface area contributed by atoms with Crippen molar-refractivity contribution in [2.24, 2.45) is 0 Å². The van der Waals surface area contributed by atoms with E-state index in [1.165, 1.54) is 18.9 Å². The van der Waals surface area contributed by atoms with Crippen molar-refractivity contribution in [2.45, 2.75) is 48.8 Å². The number of methoxy groups -OCH3 is 1. The molecule has 3 aromatic rings. The number of anilines is 2. The first kappa shape index (κ1) is 23.5. The van der Waals surface area contributed by atoms with Gasteiger partial charge in [-0.3, -0.25) is 19.6 Å². The summed E-state index contributed by atoms with van der Waals surface area (Å²) >= 11 is 1.48. The van der Waals surface area contributed by atoms with Crippen LogP contribution in [0, 0.1) is 0 Å².